The smallest absolute Gasteiger partial charge is 0.258 e. The maximum absolute atomic E-state index is 12.1. The first-order chi connectivity index (χ1) is 11.3. The molecule has 0 bridgehead atoms. The zero-order valence-electron chi connectivity index (χ0n) is 13.0. The number of hydrogen-bond acceptors (Lipinski definition) is 5. The fourth-order valence-corrected chi connectivity index (χ4v) is 3.45. The van der Waals surface area contributed by atoms with Crippen molar-refractivity contribution in [3.63, 3.8) is 0 Å². The number of rotatable bonds is 3. The van der Waals surface area contributed by atoms with E-state index in [4.69, 9.17) is 9.47 Å². The molecule has 2 aromatic rings. The summed E-state index contributed by atoms with van der Waals surface area (Å²) in [6.45, 7) is 4.06. The van der Waals surface area contributed by atoms with Crippen molar-refractivity contribution in [2.24, 2.45) is 5.92 Å². The number of piperidine rings is 1. The fraction of sp³-hybridized carbons (Fsp3) is 0.529. The molecule has 2 aliphatic rings. The summed E-state index contributed by atoms with van der Waals surface area (Å²) in [6.07, 6.45) is 2.10. The number of benzene rings is 1. The Morgan fingerprint density at radius 1 is 1.17 bits per heavy atom. The van der Waals surface area contributed by atoms with Crippen LogP contribution in [-0.4, -0.2) is 47.5 Å². The Hall–Kier alpha value is -1.76. The standard InChI is InChI=1S/C17H21N3O3/c21-16-13-3-1-2-4-14(13)18-15(19-16)11-20-7-5-12(6-8-20)17-22-9-10-23-17/h1-4,12,17H,5-11H2,(H,18,19,21). The highest BCUT2D eigenvalue weighted by atomic mass is 16.7. The van der Waals surface area contributed by atoms with Crippen molar-refractivity contribution >= 4 is 10.9 Å². The molecule has 0 amide bonds. The molecule has 0 spiro atoms. The average molecular weight is 315 g/mol. The fourth-order valence-electron chi connectivity index (χ4n) is 3.45. The van der Waals surface area contributed by atoms with Gasteiger partial charge in [-0.2, -0.15) is 0 Å². The predicted molar refractivity (Wildman–Crippen MR) is 86.1 cm³/mol. The summed E-state index contributed by atoms with van der Waals surface area (Å²) < 4.78 is 11.2. The molecule has 0 unspecified atom stereocenters. The van der Waals surface area contributed by atoms with Crippen LogP contribution in [0.3, 0.4) is 0 Å². The van der Waals surface area contributed by atoms with E-state index < -0.39 is 0 Å². The van der Waals surface area contributed by atoms with Crippen LogP contribution >= 0.6 is 0 Å². The van der Waals surface area contributed by atoms with E-state index in [-0.39, 0.29) is 11.8 Å². The third-order valence-electron chi connectivity index (χ3n) is 4.70. The van der Waals surface area contributed by atoms with Crippen LogP contribution in [-0.2, 0) is 16.0 Å². The largest absolute Gasteiger partial charge is 0.350 e. The Bertz CT molecular complexity index is 731. The summed E-state index contributed by atoms with van der Waals surface area (Å²) in [5, 5.41) is 0.644. The maximum Gasteiger partial charge on any atom is 0.258 e. The van der Waals surface area contributed by atoms with Gasteiger partial charge in [0.1, 0.15) is 5.82 Å². The van der Waals surface area contributed by atoms with Gasteiger partial charge in [0.2, 0.25) is 0 Å². The third-order valence-corrected chi connectivity index (χ3v) is 4.70. The van der Waals surface area contributed by atoms with E-state index in [1.165, 1.54) is 0 Å². The summed E-state index contributed by atoms with van der Waals surface area (Å²) in [7, 11) is 0. The highest BCUT2D eigenvalue weighted by Gasteiger charge is 2.30. The van der Waals surface area contributed by atoms with Crippen molar-refractivity contribution in [2.75, 3.05) is 26.3 Å². The number of nitrogens with one attached hydrogen (secondary N) is 1. The number of hydrogen-bond donors (Lipinski definition) is 1. The van der Waals surface area contributed by atoms with Gasteiger partial charge in [0, 0.05) is 5.92 Å². The summed E-state index contributed by atoms with van der Waals surface area (Å²) >= 11 is 0. The lowest BCUT2D eigenvalue weighted by atomic mass is 9.96. The van der Waals surface area contributed by atoms with E-state index in [1.54, 1.807) is 6.07 Å². The summed E-state index contributed by atoms with van der Waals surface area (Å²) in [5.74, 6) is 1.22. The summed E-state index contributed by atoms with van der Waals surface area (Å²) in [5.41, 5.74) is 0.696. The SMILES string of the molecule is O=c1[nH]c(CN2CCC(C3OCCO3)CC2)nc2ccccc12. The van der Waals surface area contributed by atoms with E-state index in [1.807, 2.05) is 18.2 Å². The molecule has 2 saturated heterocycles. The summed E-state index contributed by atoms with van der Waals surface area (Å²) in [6, 6.07) is 7.45. The van der Waals surface area contributed by atoms with Crippen LogP contribution in [0.4, 0.5) is 0 Å². The van der Waals surface area contributed by atoms with Crippen molar-refractivity contribution in [2.45, 2.75) is 25.7 Å². The third kappa shape index (κ3) is 3.15. The molecule has 0 aliphatic carbocycles. The number of ether oxygens (including phenoxy) is 2. The van der Waals surface area contributed by atoms with E-state index >= 15 is 0 Å². The first-order valence-corrected chi connectivity index (χ1v) is 8.23. The van der Waals surface area contributed by atoms with Gasteiger partial charge in [-0.15, -0.1) is 0 Å². The maximum atomic E-state index is 12.1. The van der Waals surface area contributed by atoms with Crippen molar-refractivity contribution in [3.8, 4) is 0 Å². The zero-order chi connectivity index (χ0) is 15.6. The van der Waals surface area contributed by atoms with E-state index in [9.17, 15) is 4.79 Å². The van der Waals surface area contributed by atoms with Crippen LogP contribution in [0.25, 0.3) is 10.9 Å². The number of likely N-dealkylation sites (tertiary alicyclic amines) is 1. The number of H-pyrrole nitrogens is 1. The van der Waals surface area contributed by atoms with Crippen molar-refractivity contribution < 1.29 is 9.47 Å². The number of para-hydroxylation sites is 1. The van der Waals surface area contributed by atoms with Gasteiger partial charge in [-0.05, 0) is 38.1 Å². The second-order valence-corrected chi connectivity index (χ2v) is 6.25. The molecule has 1 N–H and O–H groups in total. The van der Waals surface area contributed by atoms with E-state index in [0.717, 1.165) is 37.3 Å². The van der Waals surface area contributed by atoms with Crippen molar-refractivity contribution in [1.82, 2.24) is 14.9 Å². The molecule has 122 valence electrons. The molecule has 2 aliphatic heterocycles. The average Bonchev–Trinajstić information content (AvgIpc) is 3.10. The molecule has 1 aromatic heterocycles. The lowest BCUT2D eigenvalue weighted by Crippen LogP contribution is -2.38. The quantitative estimate of drug-likeness (QED) is 0.930. The van der Waals surface area contributed by atoms with Gasteiger partial charge in [0.25, 0.3) is 5.56 Å². The van der Waals surface area contributed by atoms with Crippen molar-refractivity contribution in [1.29, 1.82) is 0 Å². The van der Waals surface area contributed by atoms with Gasteiger partial charge in [-0.1, -0.05) is 12.1 Å². The number of nitrogens with zero attached hydrogens (tertiary/aromatic N) is 2. The molecule has 4 rings (SSSR count). The molecule has 6 heteroatoms. The van der Waals surface area contributed by atoms with Gasteiger partial charge in [-0.25, -0.2) is 4.98 Å². The van der Waals surface area contributed by atoms with Gasteiger partial charge < -0.3 is 14.5 Å². The van der Waals surface area contributed by atoms with E-state index in [2.05, 4.69) is 14.9 Å². The van der Waals surface area contributed by atoms with Crippen LogP contribution in [0, 0.1) is 5.92 Å². The van der Waals surface area contributed by atoms with Crippen LogP contribution in [0.5, 0.6) is 0 Å². The van der Waals surface area contributed by atoms with Crippen LogP contribution in [0.1, 0.15) is 18.7 Å². The van der Waals surface area contributed by atoms with E-state index in [0.29, 0.717) is 31.1 Å². The minimum absolute atomic E-state index is 0.0178. The second kappa shape index (κ2) is 6.39. The minimum atomic E-state index is -0.0618. The topological polar surface area (TPSA) is 67.5 Å². The predicted octanol–water partition coefficient (Wildman–Crippen LogP) is 1.51. The van der Waals surface area contributed by atoms with Crippen LogP contribution < -0.4 is 5.56 Å². The Morgan fingerprint density at radius 3 is 2.70 bits per heavy atom. The number of aromatic amines is 1. The first kappa shape index (κ1) is 14.8. The molecular weight excluding hydrogens is 294 g/mol. The molecule has 1 aromatic carbocycles. The molecule has 0 atom stereocenters. The molecule has 23 heavy (non-hydrogen) atoms. The van der Waals surface area contributed by atoms with Gasteiger partial charge in [-0.3, -0.25) is 9.69 Å². The lowest BCUT2D eigenvalue weighted by molar-refractivity contribution is -0.0978. The Kier molecular flexibility index (Phi) is 4.11. The lowest BCUT2D eigenvalue weighted by Gasteiger charge is -2.33. The van der Waals surface area contributed by atoms with Crippen molar-refractivity contribution in [3.05, 3.63) is 40.4 Å². The molecule has 3 heterocycles. The zero-order valence-corrected chi connectivity index (χ0v) is 13.0. The summed E-state index contributed by atoms with van der Waals surface area (Å²) in [4.78, 5) is 21.9. The molecule has 6 nitrogen and oxygen atoms in total. The minimum Gasteiger partial charge on any atom is -0.350 e. The van der Waals surface area contributed by atoms with Gasteiger partial charge in [0.05, 0.1) is 30.7 Å². The normalized spacial score (nSPS) is 21.2. The highest BCUT2D eigenvalue weighted by molar-refractivity contribution is 5.77. The Balaban J connectivity index is 1.42. The van der Waals surface area contributed by atoms with Gasteiger partial charge in [0.15, 0.2) is 6.29 Å². The van der Waals surface area contributed by atoms with Crippen LogP contribution in [0.2, 0.25) is 0 Å². The second-order valence-electron chi connectivity index (χ2n) is 6.25. The number of fused-ring (bicyclic) bond motifs is 1. The molecule has 0 saturated carbocycles. The number of aromatic nitrogens is 2. The van der Waals surface area contributed by atoms with Gasteiger partial charge >= 0.3 is 0 Å². The molecule has 0 radical (unpaired) electrons. The van der Waals surface area contributed by atoms with Crippen LogP contribution in [0.15, 0.2) is 29.1 Å². The Morgan fingerprint density at radius 2 is 1.91 bits per heavy atom. The monoisotopic (exact) mass is 315 g/mol. The molecule has 2 fully saturated rings. The highest BCUT2D eigenvalue weighted by Crippen LogP contribution is 2.26. The first-order valence-electron chi connectivity index (χ1n) is 8.23. The molecular formula is C17H21N3O3. The Labute approximate surface area is 134 Å².